The molecule has 3 nitrogen and oxygen atoms in total. The molecule has 3 rings (SSSR count). The Morgan fingerprint density at radius 2 is 1.50 bits per heavy atom. The van der Waals surface area contributed by atoms with E-state index in [1.165, 1.54) is 0 Å². The number of aromatic nitrogens is 2. The van der Waals surface area contributed by atoms with Crippen LogP contribution in [0.15, 0.2) is 66.9 Å². The van der Waals surface area contributed by atoms with Gasteiger partial charge < -0.3 is 10.3 Å². The molecule has 0 atom stereocenters. The topological polar surface area (TPSA) is 40.7 Å². The first-order chi connectivity index (χ1) is 8.92. The van der Waals surface area contributed by atoms with Gasteiger partial charge in [0.25, 0.3) is 0 Å². The average molecular weight is 235 g/mol. The minimum absolute atomic E-state index is 0.750. The second-order valence-electron chi connectivity index (χ2n) is 4.00. The summed E-state index contributed by atoms with van der Waals surface area (Å²) < 4.78 is 0. The van der Waals surface area contributed by atoms with Gasteiger partial charge in [0.15, 0.2) is 0 Å². The third kappa shape index (κ3) is 2.25. The monoisotopic (exact) mass is 235 g/mol. The molecule has 0 unspecified atom stereocenters. The number of H-pyrrole nitrogens is 1. The number of imidazole rings is 1. The van der Waals surface area contributed by atoms with E-state index in [1.807, 2.05) is 54.7 Å². The highest BCUT2D eigenvalue weighted by Crippen LogP contribution is 2.19. The zero-order valence-corrected chi connectivity index (χ0v) is 9.80. The molecule has 0 bridgehead atoms. The van der Waals surface area contributed by atoms with Crippen LogP contribution < -0.4 is 5.32 Å². The Labute approximate surface area is 106 Å². The van der Waals surface area contributed by atoms with Gasteiger partial charge in [0, 0.05) is 5.69 Å². The van der Waals surface area contributed by atoms with Crippen LogP contribution in [0.4, 0.5) is 11.6 Å². The number of anilines is 2. The van der Waals surface area contributed by atoms with Crippen LogP contribution in [0.5, 0.6) is 0 Å². The first-order valence-corrected chi connectivity index (χ1v) is 5.84. The number of aromatic amines is 1. The van der Waals surface area contributed by atoms with Crippen LogP contribution in [0.2, 0.25) is 0 Å². The molecule has 0 aliphatic rings. The Hall–Kier alpha value is -2.55. The molecule has 0 saturated heterocycles. The summed E-state index contributed by atoms with van der Waals surface area (Å²) in [7, 11) is 0. The largest absolute Gasteiger partial charge is 0.326 e. The van der Waals surface area contributed by atoms with E-state index in [0.29, 0.717) is 0 Å². The predicted octanol–water partition coefficient (Wildman–Crippen LogP) is 3.82. The number of rotatable bonds is 3. The van der Waals surface area contributed by atoms with E-state index in [0.717, 1.165) is 22.9 Å². The highest BCUT2D eigenvalue weighted by molar-refractivity contribution is 5.62. The summed E-state index contributed by atoms with van der Waals surface area (Å²) in [5.41, 5.74) is 3.16. The Morgan fingerprint density at radius 1 is 0.833 bits per heavy atom. The molecule has 0 aliphatic carbocycles. The molecule has 0 radical (unpaired) electrons. The fraction of sp³-hybridized carbons (Fsp3) is 0. The molecule has 0 spiro atoms. The number of para-hydroxylation sites is 1. The number of nitrogens with zero attached hydrogens (tertiary/aromatic N) is 1. The van der Waals surface area contributed by atoms with Crippen molar-refractivity contribution in [2.75, 3.05) is 5.32 Å². The average Bonchev–Trinajstić information content (AvgIpc) is 2.89. The van der Waals surface area contributed by atoms with Crippen molar-refractivity contribution in [1.29, 1.82) is 0 Å². The van der Waals surface area contributed by atoms with E-state index in [4.69, 9.17) is 0 Å². The van der Waals surface area contributed by atoms with Crippen LogP contribution in [0.1, 0.15) is 0 Å². The SMILES string of the molecule is c1ccc(Nc2ncc(-c3ccccc3)[nH]2)cc1. The van der Waals surface area contributed by atoms with Gasteiger partial charge in [-0.25, -0.2) is 4.98 Å². The smallest absolute Gasteiger partial charge is 0.205 e. The van der Waals surface area contributed by atoms with Crippen molar-refractivity contribution in [1.82, 2.24) is 9.97 Å². The third-order valence-corrected chi connectivity index (χ3v) is 2.70. The maximum Gasteiger partial charge on any atom is 0.205 e. The van der Waals surface area contributed by atoms with Gasteiger partial charge in [-0.1, -0.05) is 48.5 Å². The van der Waals surface area contributed by atoms with Crippen LogP contribution >= 0.6 is 0 Å². The summed E-state index contributed by atoms with van der Waals surface area (Å²) in [6, 6.07) is 20.1. The summed E-state index contributed by atoms with van der Waals surface area (Å²) in [6.45, 7) is 0. The molecular formula is C15H13N3. The lowest BCUT2D eigenvalue weighted by Gasteiger charge is -2.01. The molecule has 0 saturated carbocycles. The van der Waals surface area contributed by atoms with E-state index in [1.54, 1.807) is 0 Å². The molecule has 0 aliphatic heterocycles. The van der Waals surface area contributed by atoms with Gasteiger partial charge in [-0.2, -0.15) is 0 Å². The van der Waals surface area contributed by atoms with E-state index >= 15 is 0 Å². The summed E-state index contributed by atoms with van der Waals surface area (Å²) >= 11 is 0. The molecule has 2 aromatic carbocycles. The van der Waals surface area contributed by atoms with E-state index < -0.39 is 0 Å². The zero-order chi connectivity index (χ0) is 12.2. The summed E-state index contributed by atoms with van der Waals surface area (Å²) in [4.78, 5) is 7.58. The van der Waals surface area contributed by atoms with Crippen molar-refractivity contribution in [3.8, 4) is 11.3 Å². The van der Waals surface area contributed by atoms with Crippen molar-refractivity contribution >= 4 is 11.6 Å². The van der Waals surface area contributed by atoms with Gasteiger partial charge in [-0.15, -0.1) is 0 Å². The quantitative estimate of drug-likeness (QED) is 0.724. The highest BCUT2D eigenvalue weighted by Gasteiger charge is 2.02. The summed E-state index contributed by atoms with van der Waals surface area (Å²) in [5, 5.41) is 3.23. The van der Waals surface area contributed by atoms with Gasteiger partial charge >= 0.3 is 0 Å². The second kappa shape index (κ2) is 4.75. The first-order valence-electron chi connectivity index (χ1n) is 5.84. The lowest BCUT2D eigenvalue weighted by Crippen LogP contribution is -1.91. The summed E-state index contributed by atoms with van der Waals surface area (Å²) in [6.07, 6.45) is 1.83. The molecule has 3 aromatic rings. The molecule has 0 amide bonds. The fourth-order valence-electron chi connectivity index (χ4n) is 1.81. The van der Waals surface area contributed by atoms with Gasteiger partial charge in [-0.05, 0) is 17.7 Å². The number of nitrogens with one attached hydrogen (secondary N) is 2. The molecule has 0 fully saturated rings. The maximum absolute atomic E-state index is 4.32. The lowest BCUT2D eigenvalue weighted by atomic mass is 10.2. The zero-order valence-electron chi connectivity index (χ0n) is 9.80. The Balaban J connectivity index is 1.82. The Kier molecular flexibility index (Phi) is 2.80. The van der Waals surface area contributed by atoms with Crippen LogP contribution in [-0.2, 0) is 0 Å². The van der Waals surface area contributed by atoms with Crippen LogP contribution in [0.25, 0.3) is 11.3 Å². The molecule has 1 heterocycles. The maximum atomic E-state index is 4.32. The van der Waals surface area contributed by atoms with Crippen LogP contribution in [0.3, 0.4) is 0 Å². The highest BCUT2D eigenvalue weighted by atomic mass is 15.1. The Bertz CT molecular complexity index is 615. The minimum Gasteiger partial charge on any atom is -0.326 e. The molecule has 18 heavy (non-hydrogen) atoms. The van der Waals surface area contributed by atoms with E-state index in [9.17, 15) is 0 Å². The minimum atomic E-state index is 0.750. The lowest BCUT2D eigenvalue weighted by molar-refractivity contribution is 1.29. The van der Waals surface area contributed by atoms with Gasteiger partial charge in [0.2, 0.25) is 5.95 Å². The van der Waals surface area contributed by atoms with Crippen molar-refractivity contribution in [2.24, 2.45) is 0 Å². The molecule has 88 valence electrons. The van der Waals surface area contributed by atoms with Crippen molar-refractivity contribution in [3.05, 3.63) is 66.9 Å². The predicted molar refractivity (Wildman–Crippen MR) is 73.7 cm³/mol. The van der Waals surface area contributed by atoms with Crippen molar-refractivity contribution in [2.45, 2.75) is 0 Å². The molecular weight excluding hydrogens is 222 g/mol. The second-order valence-corrected chi connectivity index (χ2v) is 4.00. The van der Waals surface area contributed by atoms with E-state index in [2.05, 4.69) is 27.4 Å². The standard InChI is InChI=1S/C15H13N3/c1-3-7-12(8-4-1)14-11-16-15(18-14)17-13-9-5-2-6-10-13/h1-11H,(H2,16,17,18). The normalized spacial score (nSPS) is 10.2. The molecule has 1 aromatic heterocycles. The molecule has 2 N–H and O–H groups in total. The van der Waals surface area contributed by atoms with Gasteiger partial charge in [0.05, 0.1) is 11.9 Å². The van der Waals surface area contributed by atoms with Crippen molar-refractivity contribution in [3.63, 3.8) is 0 Å². The molecule has 3 heteroatoms. The van der Waals surface area contributed by atoms with E-state index in [-0.39, 0.29) is 0 Å². The van der Waals surface area contributed by atoms with Crippen molar-refractivity contribution < 1.29 is 0 Å². The van der Waals surface area contributed by atoms with Crippen LogP contribution in [-0.4, -0.2) is 9.97 Å². The summed E-state index contributed by atoms with van der Waals surface area (Å²) in [5.74, 6) is 0.750. The van der Waals surface area contributed by atoms with Gasteiger partial charge in [0.1, 0.15) is 0 Å². The van der Waals surface area contributed by atoms with Gasteiger partial charge in [-0.3, -0.25) is 0 Å². The Morgan fingerprint density at radius 3 is 2.22 bits per heavy atom. The third-order valence-electron chi connectivity index (χ3n) is 2.70. The van der Waals surface area contributed by atoms with Crippen LogP contribution in [0, 0.1) is 0 Å². The first kappa shape index (κ1) is 10.6. The number of hydrogen-bond donors (Lipinski definition) is 2. The fourth-order valence-corrected chi connectivity index (χ4v) is 1.81. The number of benzene rings is 2. The number of hydrogen-bond acceptors (Lipinski definition) is 2.